The number of likely N-dealkylation sites (tertiary alicyclic amines) is 1. The first-order valence-electron chi connectivity index (χ1n) is 12.3. The molecule has 1 aliphatic heterocycles. The SMILES string of the molecule is COC(=O)c1cccc(/C=N/c2ccc(C34CCCC3CN(Cc3ccccc3)C4)cc2)c1[N+](=O)[O-]. The lowest BCUT2D eigenvalue weighted by Gasteiger charge is -2.30. The van der Waals surface area contributed by atoms with Gasteiger partial charge in [-0.15, -0.1) is 0 Å². The zero-order valence-electron chi connectivity index (χ0n) is 20.3. The summed E-state index contributed by atoms with van der Waals surface area (Å²) in [6.07, 6.45) is 5.14. The van der Waals surface area contributed by atoms with Gasteiger partial charge in [0.1, 0.15) is 5.56 Å². The number of benzene rings is 3. The molecule has 0 N–H and O–H groups in total. The third kappa shape index (κ3) is 4.54. The van der Waals surface area contributed by atoms with Crippen LogP contribution >= 0.6 is 0 Å². The quantitative estimate of drug-likeness (QED) is 0.187. The number of hydrogen-bond donors (Lipinski definition) is 0. The van der Waals surface area contributed by atoms with Crippen LogP contribution in [0.4, 0.5) is 11.4 Å². The molecule has 0 aromatic heterocycles. The van der Waals surface area contributed by atoms with Gasteiger partial charge in [0, 0.05) is 31.3 Å². The van der Waals surface area contributed by atoms with Crippen LogP contribution in [0.5, 0.6) is 0 Å². The number of methoxy groups -OCH3 is 1. The van der Waals surface area contributed by atoms with Crippen molar-refractivity contribution in [2.75, 3.05) is 20.2 Å². The fourth-order valence-electron chi connectivity index (χ4n) is 5.99. The number of rotatable bonds is 7. The average molecular weight is 484 g/mol. The minimum Gasteiger partial charge on any atom is -0.465 e. The first kappa shape index (κ1) is 23.9. The Balaban J connectivity index is 1.35. The maximum absolute atomic E-state index is 12.0. The smallest absolute Gasteiger partial charge is 0.344 e. The van der Waals surface area contributed by atoms with Crippen LogP contribution in [0.1, 0.15) is 46.3 Å². The molecule has 36 heavy (non-hydrogen) atoms. The minimum atomic E-state index is -0.746. The Morgan fingerprint density at radius 3 is 2.64 bits per heavy atom. The molecular weight excluding hydrogens is 454 g/mol. The van der Waals surface area contributed by atoms with Crippen LogP contribution in [0.25, 0.3) is 0 Å². The number of nitro benzene ring substituents is 1. The maximum atomic E-state index is 12.0. The topological polar surface area (TPSA) is 85.0 Å². The number of nitro groups is 1. The third-order valence-corrected chi connectivity index (χ3v) is 7.64. The van der Waals surface area contributed by atoms with Gasteiger partial charge in [-0.2, -0.15) is 0 Å². The first-order valence-corrected chi connectivity index (χ1v) is 12.3. The molecule has 3 aromatic rings. The Hall–Kier alpha value is -3.84. The largest absolute Gasteiger partial charge is 0.465 e. The van der Waals surface area contributed by atoms with Crippen LogP contribution in [0, 0.1) is 16.0 Å². The second kappa shape index (κ2) is 10.0. The lowest BCUT2D eigenvalue weighted by Crippen LogP contribution is -2.31. The molecule has 1 saturated carbocycles. The van der Waals surface area contributed by atoms with Crippen molar-refractivity contribution in [1.82, 2.24) is 4.90 Å². The van der Waals surface area contributed by atoms with E-state index in [1.807, 2.05) is 12.1 Å². The van der Waals surface area contributed by atoms with E-state index in [-0.39, 0.29) is 22.2 Å². The standard InChI is InChI=1S/C29H29N3O4/c1-36-28(33)26-11-5-9-22(27(26)32(34)35)17-30-25-14-12-23(13-15-25)29-16-6-10-24(29)19-31(20-29)18-21-7-3-2-4-8-21/h2-5,7-9,11-15,17,24H,6,10,16,18-20H2,1H3/b30-17+. The lowest BCUT2D eigenvalue weighted by molar-refractivity contribution is -0.385. The van der Waals surface area contributed by atoms with Crippen molar-refractivity contribution in [3.05, 3.63) is 105 Å². The summed E-state index contributed by atoms with van der Waals surface area (Å²) in [7, 11) is 1.20. The molecule has 1 aliphatic carbocycles. The van der Waals surface area contributed by atoms with E-state index >= 15 is 0 Å². The van der Waals surface area contributed by atoms with Gasteiger partial charge in [-0.05, 0) is 54.2 Å². The number of nitrogens with zero attached hydrogens (tertiary/aromatic N) is 3. The highest BCUT2D eigenvalue weighted by molar-refractivity contribution is 5.99. The van der Waals surface area contributed by atoms with Gasteiger partial charge in [0.15, 0.2) is 0 Å². The van der Waals surface area contributed by atoms with Gasteiger partial charge in [-0.25, -0.2) is 4.79 Å². The molecule has 2 aliphatic rings. The molecule has 3 aromatic carbocycles. The van der Waals surface area contributed by atoms with Crippen molar-refractivity contribution in [1.29, 1.82) is 0 Å². The normalized spacial score (nSPS) is 21.5. The van der Waals surface area contributed by atoms with Crippen molar-refractivity contribution in [3.63, 3.8) is 0 Å². The van der Waals surface area contributed by atoms with Crippen molar-refractivity contribution >= 4 is 23.6 Å². The second-order valence-electron chi connectivity index (χ2n) is 9.70. The summed E-state index contributed by atoms with van der Waals surface area (Å²) >= 11 is 0. The number of aliphatic imine (C=N–C) groups is 1. The molecule has 5 rings (SSSR count). The van der Waals surface area contributed by atoms with E-state index < -0.39 is 10.9 Å². The predicted octanol–water partition coefficient (Wildman–Crippen LogP) is 5.69. The number of carbonyl (C=O) groups excluding carboxylic acids is 1. The monoisotopic (exact) mass is 483 g/mol. The van der Waals surface area contributed by atoms with E-state index in [4.69, 9.17) is 0 Å². The van der Waals surface area contributed by atoms with Crippen molar-refractivity contribution < 1.29 is 14.5 Å². The van der Waals surface area contributed by atoms with Gasteiger partial charge in [-0.3, -0.25) is 20.0 Å². The van der Waals surface area contributed by atoms with E-state index in [0.29, 0.717) is 11.6 Å². The fourth-order valence-corrected chi connectivity index (χ4v) is 5.99. The van der Waals surface area contributed by atoms with Crippen LogP contribution in [-0.4, -0.2) is 42.2 Å². The van der Waals surface area contributed by atoms with Crippen molar-refractivity contribution in [2.24, 2.45) is 10.9 Å². The minimum absolute atomic E-state index is 0.0885. The summed E-state index contributed by atoms with van der Waals surface area (Å²) < 4.78 is 4.69. The first-order chi connectivity index (χ1) is 17.5. The van der Waals surface area contributed by atoms with Gasteiger partial charge in [0.05, 0.1) is 23.3 Å². The van der Waals surface area contributed by atoms with Crippen LogP contribution < -0.4 is 0 Å². The number of hydrogen-bond acceptors (Lipinski definition) is 6. The van der Waals surface area contributed by atoms with Crippen LogP contribution in [-0.2, 0) is 16.7 Å². The predicted molar refractivity (Wildman–Crippen MR) is 139 cm³/mol. The molecule has 184 valence electrons. The molecule has 1 heterocycles. The molecular formula is C29H29N3O4. The zero-order chi connectivity index (χ0) is 25.1. The molecule has 7 heteroatoms. The molecule has 1 saturated heterocycles. The molecule has 0 amide bonds. The van der Waals surface area contributed by atoms with Crippen molar-refractivity contribution in [3.8, 4) is 0 Å². The number of ether oxygens (including phenoxy) is 1. The highest BCUT2D eigenvalue weighted by Gasteiger charge is 2.50. The molecule has 2 unspecified atom stereocenters. The van der Waals surface area contributed by atoms with Crippen LogP contribution in [0.3, 0.4) is 0 Å². The Morgan fingerprint density at radius 2 is 1.92 bits per heavy atom. The lowest BCUT2D eigenvalue weighted by atomic mass is 9.74. The fraction of sp³-hybridized carbons (Fsp3) is 0.310. The summed E-state index contributed by atoms with van der Waals surface area (Å²) in [6, 6.07) is 23.5. The zero-order valence-corrected chi connectivity index (χ0v) is 20.3. The number of carbonyl (C=O) groups is 1. The Labute approximate surface area is 210 Å². The van der Waals surface area contributed by atoms with E-state index in [2.05, 4.69) is 57.1 Å². The Kier molecular flexibility index (Phi) is 6.65. The summed E-state index contributed by atoms with van der Waals surface area (Å²) in [4.78, 5) is 30.1. The number of fused-ring (bicyclic) bond motifs is 1. The number of esters is 1. The third-order valence-electron chi connectivity index (χ3n) is 7.64. The molecule has 0 spiro atoms. The van der Waals surface area contributed by atoms with Gasteiger partial charge in [-0.1, -0.05) is 55.0 Å². The van der Waals surface area contributed by atoms with Crippen LogP contribution in [0.2, 0.25) is 0 Å². The van der Waals surface area contributed by atoms with Gasteiger partial charge in [0.25, 0.3) is 5.69 Å². The van der Waals surface area contributed by atoms with E-state index in [1.54, 1.807) is 12.1 Å². The highest BCUT2D eigenvalue weighted by Crippen LogP contribution is 2.50. The molecule has 2 fully saturated rings. The molecule has 7 nitrogen and oxygen atoms in total. The van der Waals surface area contributed by atoms with Crippen molar-refractivity contribution in [2.45, 2.75) is 31.2 Å². The molecule has 2 atom stereocenters. The molecule has 0 bridgehead atoms. The van der Waals surface area contributed by atoms with Gasteiger partial charge < -0.3 is 4.74 Å². The Morgan fingerprint density at radius 1 is 1.14 bits per heavy atom. The Bertz CT molecular complexity index is 1290. The number of para-hydroxylation sites is 1. The van der Waals surface area contributed by atoms with E-state index in [0.717, 1.165) is 19.6 Å². The van der Waals surface area contributed by atoms with Crippen LogP contribution in [0.15, 0.2) is 77.8 Å². The summed E-state index contributed by atoms with van der Waals surface area (Å²) in [5, 5.41) is 11.6. The average Bonchev–Trinajstić information content (AvgIpc) is 3.45. The highest BCUT2D eigenvalue weighted by atomic mass is 16.6. The van der Waals surface area contributed by atoms with Gasteiger partial charge in [0.2, 0.25) is 0 Å². The summed E-state index contributed by atoms with van der Waals surface area (Å²) in [5.74, 6) is -0.0937. The summed E-state index contributed by atoms with van der Waals surface area (Å²) in [5.41, 5.74) is 3.44. The van der Waals surface area contributed by atoms with E-state index in [1.165, 1.54) is 49.8 Å². The maximum Gasteiger partial charge on any atom is 0.344 e. The second-order valence-corrected chi connectivity index (χ2v) is 9.70. The van der Waals surface area contributed by atoms with E-state index in [9.17, 15) is 14.9 Å². The van der Waals surface area contributed by atoms with Gasteiger partial charge >= 0.3 is 5.97 Å². The summed E-state index contributed by atoms with van der Waals surface area (Å²) in [6.45, 7) is 3.15. The molecule has 0 radical (unpaired) electrons.